The summed E-state index contributed by atoms with van der Waals surface area (Å²) in [4.78, 5) is 19.0. The molecule has 0 aliphatic rings. The van der Waals surface area contributed by atoms with Crippen molar-refractivity contribution >= 4 is 34.6 Å². The van der Waals surface area contributed by atoms with Gasteiger partial charge in [-0.15, -0.1) is 0 Å². The van der Waals surface area contributed by atoms with E-state index in [1.165, 1.54) is 20.5 Å². The van der Waals surface area contributed by atoms with E-state index in [0.717, 1.165) is 12.8 Å². The summed E-state index contributed by atoms with van der Waals surface area (Å²) in [5.74, 6) is 1.01. The van der Waals surface area contributed by atoms with E-state index in [2.05, 4.69) is 20.6 Å². The van der Waals surface area contributed by atoms with Crippen LogP contribution in [0.4, 0.5) is 23.0 Å². The van der Waals surface area contributed by atoms with Gasteiger partial charge in [0.1, 0.15) is 17.8 Å². The second kappa shape index (κ2) is 9.04. The minimum Gasteiger partial charge on any atom is -0.495 e. The third-order valence-electron chi connectivity index (χ3n) is 3.55. The Bertz CT molecular complexity index is 787. The number of aromatic nitrogens is 2. The van der Waals surface area contributed by atoms with Crippen LogP contribution < -0.4 is 20.1 Å². The van der Waals surface area contributed by atoms with Crippen LogP contribution in [0.3, 0.4) is 0 Å². The summed E-state index contributed by atoms with van der Waals surface area (Å²) >= 11 is 6.14. The number of methoxy groups -OCH3 is 2. The summed E-state index contributed by atoms with van der Waals surface area (Å²) in [6.07, 6.45) is 3.07. The summed E-state index contributed by atoms with van der Waals surface area (Å²) in [5.41, 5.74) is 0.164. The van der Waals surface area contributed by atoms with Crippen LogP contribution in [-0.4, -0.2) is 35.7 Å². The number of halogens is 1. The van der Waals surface area contributed by atoms with Crippen LogP contribution in [0.1, 0.15) is 19.8 Å². The molecule has 0 fully saturated rings. The molecule has 2 N–H and O–H groups in total. The number of hydrogen-bond donors (Lipinski definition) is 2. The van der Waals surface area contributed by atoms with Gasteiger partial charge in [-0.25, -0.2) is 9.97 Å². The molecule has 0 spiro atoms. The van der Waals surface area contributed by atoms with Crippen molar-refractivity contribution in [3.8, 4) is 11.5 Å². The molecule has 0 saturated carbocycles. The third kappa shape index (κ3) is 4.42. The average molecular weight is 382 g/mol. The van der Waals surface area contributed by atoms with Gasteiger partial charge in [0, 0.05) is 12.6 Å². The molecule has 9 nitrogen and oxygen atoms in total. The predicted octanol–water partition coefficient (Wildman–Crippen LogP) is 4.01. The number of unbranched alkanes of at least 4 members (excludes halogenated alkanes) is 1. The van der Waals surface area contributed by atoms with Crippen molar-refractivity contribution in [2.75, 3.05) is 31.4 Å². The Hall–Kier alpha value is -2.81. The number of benzene rings is 1. The first-order valence-corrected chi connectivity index (χ1v) is 8.31. The Balaban J connectivity index is 2.41. The zero-order chi connectivity index (χ0) is 19.1. The number of rotatable bonds is 9. The maximum Gasteiger partial charge on any atom is 0.353 e. The summed E-state index contributed by atoms with van der Waals surface area (Å²) in [5, 5.41) is 17.8. The highest BCUT2D eigenvalue weighted by molar-refractivity contribution is 6.32. The zero-order valence-electron chi connectivity index (χ0n) is 14.7. The molecule has 140 valence electrons. The number of hydrogen-bond acceptors (Lipinski definition) is 8. The van der Waals surface area contributed by atoms with E-state index in [-0.39, 0.29) is 17.3 Å². The molecule has 1 heterocycles. The lowest BCUT2D eigenvalue weighted by molar-refractivity contribution is -0.383. The lowest BCUT2D eigenvalue weighted by Gasteiger charge is -2.14. The fourth-order valence-corrected chi connectivity index (χ4v) is 2.48. The predicted molar refractivity (Wildman–Crippen MR) is 99.9 cm³/mol. The van der Waals surface area contributed by atoms with Gasteiger partial charge >= 0.3 is 5.69 Å². The van der Waals surface area contributed by atoms with Crippen molar-refractivity contribution in [3.05, 3.63) is 33.6 Å². The highest BCUT2D eigenvalue weighted by Crippen LogP contribution is 2.39. The van der Waals surface area contributed by atoms with Gasteiger partial charge in [-0.2, -0.15) is 0 Å². The van der Waals surface area contributed by atoms with E-state index >= 15 is 0 Å². The van der Waals surface area contributed by atoms with Gasteiger partial charge in [0.2, 0.25) is 11.6 Å². The Morgan fingerprint density at radius 3 is 2.50 bits per heavy atom. The average Bonchev–Trinajstić information content (AvgIpc) is 2.62. The molecule has 0 saturated heterocycles. The van der Waals surface area contributed by atoms with Crippen LogP contribution in [0, 0.1) is 10.1 Å². The minimum absolute atomic E-state index is 0.0310. The first kappa shape index (κ1) is 19.5. The SMILES string of the molecule is CCCCNc1ncnc(Nc2cc(Cl)c(OC)cc2OC)c1[N+](=O)[O-]. The smallest absolute Gasteiger partial charge is 0.353 e. The monoisotopic (exact) mass is 381 g/mol. The van der Waals surface area contributed by atoms with E-state index in [0.29, 0.717) is 28.8 Å². The zero-order valence-corrected chi connectivity index (χ0v) is 15.5. The summed E-state index contributed by atoms with van der Waals surface area (Å²) in [6.45, 7) is 2.61. The van der Waals surface area contributed by atoms with Crippen LogP contribution in [0.5, 0.6) is 11.5 Å². The van der Waals surface area contributed by atoms with Crippen molar-refractivity contribution in [1.29, 1.82) is 0 Å². The van der Waals surface area contributed by atoms with E-state index in [9.17, 15) is 10.1 Å². The molecule has 0 unspecified atom stereocenters. The van der Waals surface area contributed by atoms with Gasteiger partial charge in [0.05, 0.1) is 29.9 Å². The number of ether oxygens (including phenoxy) is 2. The molecule has 10 heteroatoms. The molecule has 1 aromatic carbocycles. The Labute approximate surface area is 155 Å². The van der Waals surface area contributed by atoms with Gasteiger partial charge in [-0.1, -0.05) is 24.9 Å². The van der Waals surface area contributed by atoms with Crippen LogP contribution >= 0.6 is 11.6 Å². The number of nitrogens with zero attached hydrogens (tertiary/aromatic N) is 3. The standard InChI is InChI=1S/C16H20ClN5O4/c1-4-5-6-18-15-14(22(23)24)16(20-9-19-15)21-11-7-10(17)12(25-2)8-13(11)26-3/h7-9H,4-6H2,1-3H3,(H2,18,19,20,21). The van der Waals surface area contributed by atoms with Crippen molar-refractivity contribution < 1.29 is 14.4 Å². The second-order valence-electron chi connectivity index (χ2n) is 5.27. The maximum atomic E-state index is 11.6. The minimum atomic E-state index is -0.534. The third-order valence-corrected chi connectivity index (χ3v) is 3.85. The maximum absolute atomic E-state index is 11.6. The molecule has 26 heavy (non-hydrogen) atoms. The Kier molecular flexibility index (Phi) is 6.79. The summed E-state index contributed by atoms with van der Waals surface area (Å²) in [6, 6.07) is 3.13. The first-order valence-electron chi connectivity index (χ1n) is 7.93. The molecule has 1 aromatic heterocycles. The molecule has 2 aromatic rings. The quantitative estimate of drug-likeness (QED) is 0.380. The highest BCUT2D eigenvalue weighted by atomic mass is 35.5. The topological polar surface area (TPSA) is 111 Å². The summed E-state index contributed by atoms with van der Waals surface area (Å²) in [7, 11) is 2.96. The number of nitrogens with one attached hydrogen (secondary N) is 2. The van der Waals surface area contributed by atoms with E-state index < -0.39 is 4.92 Å². The lowest BCUT2D eigenvalue weighted by Crippen LogP contribution is -2.09. The molecular weight excluding hydrogens is 362 g/mol. The molecule has 0 radical (unpaired) electrons. The molecular formula is C16H20ClN5O4. The highest BCUT2D eigenvalue weighted by Gasteiger charge is 2.24. The van der Waals surface area contributed by atoms with Crippen LogP contribution in [0.25, 0.3) is 0 Å². The van der Waals surface area contributed by atoms with Crippen LogP contribution in [0.15, 0.2) is 18.5 Å². The fourth-order valence-electron chi connectivity index (χ4n) is 2.24. The van der Waals surface area contributed by atoms with Gasteiger partial charge in [-0.3, -0.25) is 10.1 Å². The molecule has 0 aliphatic carbocycles. The van der Waals surface area contributed by atoms with Crippen molar-refractivity contribution in [2.45, 2.75) is 19.8 Å². The Morgan fingerprint density at radius 1 is 1.19 bits per heavy atom. The van der Waals surface area contributed by atoms with Crippen LogP contribution in [0.2, 0.25) is 5.02 Å². The van der Waals surface area contributed by atoms with E-state index in [1.54, 1.807) is 12.1 Å². The van der Waals surface area contributed by atoms with Gasteiger partial charge < -0.3 is 20.1 Å². The van der Waals surface area contributed by atoms with Crippen molar-refractivity contribution in [3.63, 3.8) is 0 Å². The van der Waals surface area contributed by atoms with Crippen LogP contribution in [-0.2, 0) is 0 Å². The van der Waals surface area contributed by atoms with Crippen molar-refractivity contribution in [2.24, 2.45) is 0 Å². The summed E-state index contributed by atoms with van der Waals surface area (Å²) < 4.78 is 10.4. The lowest BCUT2D eigenvalue weighted by atomic mass is 10.2. The molecule has 0 aliphatic heterocycles. The molecule has 2 rings (SSSR count). The first-order chi connectivity index (χ1) is 12.5. The number of nitro groups is 1. The molecule has 0 atom stereocenters. The normalized spacial score (nSPS) is 10.3. The fraction of sp³-hybridized carbons (Fsp3) is 0.375. The van der Waals surface area contributed by atoms with Gasteiger partial charge in [0.25, 0.3) is 0 Å². The van der Waals surface area contributed by atoms with Gasteiger partial charge in [-0.05, 0) is 12.5 Å². The largest absolute Gasteiger partial charge is 0.495 e. The van der Waals surface area contributed by atoms with E-state index in [4.69, 9.17) is 21.1 Å². The van der Waals surface area contributed by atoms with Gasteiger partial charge in [0.15, 0.2) is 0 Å². The molecule has 0 amide bonds. The van der Waals surface area contributed by atoms with E-state index in [1.807, 2.05) is 6.92 Å². The second-order valence-corrected chi connectivity index (χ2v) is 5.68. The molecule has 0 bridgehead atoms. The van der Waals surface area contributed by atoms with Crippen molar-refractivity contribution in [1.82, 2.24) is 9.97 Å². The Morgan fingerprint density at radius 2 is 1.88 bits per heavy atom. The number of anilines is 3.